The van der Waals surface area contributed by atoms with E-state index in [0.717, 1.165) is 31.2 Å². The van der Waals surface area contributed by atoms with Crippen LogP contribution in [0.25, 0.3) is 11.3 Å². The van der Waals surface area contributed by atoms with Gasteiger partial charge in [0.05, 0.1) is 11.6 Å². The third-order valence-corrected chi connectivity index (χ3v) is 6.36. The van der Waals surface area contributed by atoms with Crippen LogP contribution in [0.2, 0.25) is 5.02 Å². The van der Waals surface area contributed by atoms with Crippen LogP contribution >= 0.6 is 11.6 Å². The van der Waals surface area contributed by atoms with Gasteiger partial charge in [-0.05, 0) is 31.0 Å². The zero-order chi connectivity index (χ0) is 22.8. The van der Waals surface area contributed by atoms with E-state index in [1.165, 1.54) is 0 Å². The zero-order valence-corrected chi connectivity index (χ0v) is 18.7. The second-order valence-electron chi connectivity index (χ2n) is 8.39. The lowest BCUT2D eigenvalue weighted by atomic mass is 9.83. The molecule has 1 saturated heterocycles. The van der Waals surface area contributed by atoms with Crippen molar-refractivity contribution in [3.63, 3.8) is 0 Å². The van der Waals surface area contributed by atoms with Crippen LogP contribution < -0.4 is 21.3 Å². The van der Waals surface area contributed by atoms with Crippen LogP contribution in [-0.4, -0.2) is 27.8 Å². The summed E-state index contributed by atoms with van der Waals surface area (Å²) in [6.45, 7) is 0. The molecule has 3 unspecified atom stereocenters. The maximum absolute atomic E-state index is 12.8. The van der Waals surface area contributed by atoms with E-state index in [0.29, 0.717) is 22.2 Å². The van der Waals surface area contributed by atoms with E-state index >= 15 is 0 Å². The normalized spacial score (nSPS) is 22.2. The molecule has 2 fully saturated rings. The SMILES string of the molecule is O=C(Nc1cccc(Cl)c1)Nc1cc(-c2ccccc2)nn1C1NC(=O)C2CCCCC2N1. The molecule has 3 aromatic rings. The Kier molecular flexibility index (Phi) is 6.02. The molecule has 8 nitrogen and oxygen atoms in total. The predicted octanol–water partition coefficient (Wildman–Crippen LogP) is 4.58. The summed E-state index contributed by atoms with van der Waals surface area (Å²) in [6.07, 6.45) is 3.43. The predicted molar refractivity (Wildman–Crippen MR) is 128 cm³/mol. The Labute approximate surface area is 196 Å². The Morgan fingerprint density at radius 2 is 1.85 bits per heavy atom. The number of aromatic nitrogens is 2. The number of hydrogen-bond acceptors (Lipinski definition) is 4. The molecule has 0 radical (unpaired) electrons. The Morgan fingerprint density at radius 3 is 2.67 bits per heavy atom. The number of anilines is 2. The van der Waals surface area contributed by atoms with Crippen molar-refractivity contribution < 1.29 is 9.59 Å². The van der Waals surface area contributed by atoms with E-state index in [1.807, 2.05) is 30.3 Å². The zero-order valence-electron chi connectivity index (χ0n) is 17.9. The molecule has 3 atom stereocenters. The van der Waals surface area contributed by atoms with E-state index in [1.54, 1.807) is 35.0 Å². The number of nitrogens with zero attached hydrogens (tertiary/aromatic N) is 2. The summed E-state index contributed by atoms with van der Waals surface area (Å²) in [7, 11) is 0. The molecule has 9 heteroatoms. The average molecular weight is 465 g/mol. The van der Waals surface area contributed by atoms with Gasteiger partial charge in [0, 0.05) is 28.4 Å². The number of benzene rings is 2. The van der Waals surface area contributed by atoms with Crippen molar-refractivity contribution in [2.24, 2.45) is 5.92 Å². The van der Waals surface area contributed by atoms with Crippen LogP contribution in [0.1, 0.15) is 32.0 Å². The molecule has 2 aromatic carbocycles. The number of amides is 3. The lowest BCUT2D eigenvalue weighted by Crippen LogP contribution is -2.59. The first-order chi connectivity index (χ1) is 16.1. The highest BCUT2D eigenvalue weighted by Crippen LogP contribution is 2.31. The van der Waals surface area contributed by atoms with E-state index in [2.05, 4.69) is 21.3 Å². The fourth-order valence-corrected chi connectivity index (χ4v) is 4.73. The molecule has 1 aliphatic heterocycles. The lowest BCUT2D eigenvalue weighted by Gasteiger charge is -2.40. The highest BCUT2D eigenvalue weighted by molar-refractivity contribution is 6.30. The van der Waals surface area contributed by atoms with Gasteiger partial charge in [0.2, 0.25) is 5.91 Å². The number of rotatable bonds is 4. The van der Waals surface area contributed by atoms with Crippen molar-refractivity contribution in [1.82, 2.24) is 20.4 Å². The summed E-state index contributed by atoms with van der Waals surface area (Å²) in [4.78, 5) is 25.5. The molecule has 2 heterocycles. The van der Waals surface area contributed by atoms with Gasteiger partial charge in [0.15, 0.2) is 6.29 Å². The minimum absolute atomic E-state index is 0.0227. The Morgan fingerprint density at radius 1 is 1.03 bits per heavy atom. The Bertz CT molecular complexity index is 1160. The monoisotopic (exact) mass is 464 g/mol. The standard InChI is InChI=1S/C24H25ClN6O2/c25-16-9-6-10-17(13-16)26-24(33)28-21-14-20(15-7-2-1-3-8-15)30-31(21)23-27-19-12-5-4-11-18(19)22(32)29-23/h1-3,6-10,13-14,18-19,23,27H,4-5,11-12H2,(H,29,32)(H2,26,28,33). The van der Waals surface area contributed by atoms with Crippen LogP contribution in [0, 0.1) is 5.92 Å². The molecule has 5 rings (SSSR count). The van der Waals surface area contributed by atoms with Crippen molar-refractivity contribution in [3.8, 4) is 11.3 Å². The second kappa shape index (κ2) is 9.25. The summed E-state index contributed by atoms with van der Waals surface area (Å²) in [5.41, 5.74) is 2.17. The number of halogens is 1. The number of urea groups is 1. The second-order valence-corrected chi connectivity index (χ2v) is 8.83. The first-order valence-corrected chi connectivity index (χ1v) is 11.5. The summed E-state index contributed by atoms with van der Waals surface area (Å²) in [5, 5.41) is 17.5. The molecule has 1 saturated carbocycles. The van der Waals surface area contributed by atoms with Gasteiger partial charge in [-0.25, -0.2) is 9.48 Å². The number of nitrogens with one attached hydrogen (secondary N) is 4. The first kappa shape index (κ1) is 21.5. The Hall–Kier alpha value is -3.36. The van der Waals surface area contributed by atoms with Crippen LogP contribution in [0.15, 0.2) is 60.7 Å². The van der Waals surface area contributed by atoms with E-state index in [-0.39, 0.29) is 17.9 Å². The number of carbonyl (C=O) groups excluding carboxylic acids is 2. The summed E-state index contributed by atoms with van der Waals surface area (Å²) in [5.74, 6) is 0.455. The number of fused-ring (bicyclic) bond motifs is 1. The van der Waals surface area contributed by atoms with Gasteiger partial charge in [-0.3, -0.25) is 15.4 Å². The van der Waals surface area contributed by atoms with Crippen molar-refractivity contribution in [1.29, 1.82) is 0 Å². The maximum Gasteiger partial charge on any atom is 0.324 e. The molecule has 33 heavy (non-hydrogen) atoms. The molecule has 1 aliphatic carbocycles. The summed E-state index contributed by atoms with van der Waals surface area (Å²) < 4.78 is 1.63. The van der Waals surface area contributed by atoms with Crippen LogP contribution in [0.4, 0.5) is 16.3 Å². The fraction of sp³-hybridized carbons (Fsp3) is 0.292. The average Bonchev–Trinajstić information content (AvgIpc) is 3.23. The van der Waals surface area contributed by atoms with Gasteiger partial charge < -0.3 is 10.6 Å². The largest absolute Gasteiger partial charge is 0.324 e. The third kappa shape index (κ3) is 4.72. The third-order valence-electron chi connectivity index (χ3n) is 6.13. The van der Waals surface area contributed by atoms with Crippen molar-refractivity contribution in [2.75, 3.05) is 10.6 Å². The molecule has 3 amide bonds. The van der Waals surface area contributed by atoms with Gasteiger partial charge in [0.25, 0.3) is 0 Å². The Balaban J connectivity index is 1.43. The van der Waals surface area contributed by atoms with Crippen molar-refractivity contribution in [2.45, 2.75) is 38.0 Å². The minimum Gasteiger partial charge on any atom is -0.322 e. The van der Waals surface area contributed by atoms with Gasteiger partial charge in [-0.15, -0.1) is 0 Å². The highest BCUT2D eigenvalue weighted by Gasteiger charge is 2.38. The quantitative estimate of drug-likeness (QED) is 0.454. The van der Waals surface area contributed by atoms with Gasteiger partial charge in [0.1, 0.15) is 5.82 Å². The number of hydrogen-bond donors (Lipinski definition) is 4. The van der Waals surface area contributed by atoms with Crippen molar-refractivity contribution in [3.05, 3.63) is 65.7 Å². The first-order valence-electron chi connectivity index (χ1n) is 11.1. The van der Waals surface area contributed by atoms with Crippen LogP contribution in [0.5, 0.6) is 0 Å². The molecule has 170 valence electrons. The van der Waals surface area contributed by atoms with Gasteiger partial charge >= 0.3 is 6.03 Å². The van der Waals surface area contributed by atoms with Crippen molar-refractivity contribution >= 4 is 35.0 Å². The van der Waals surface area contributed by atoms with E-state index in [9.17, 15) is 9.59 Å². The lowest BCUT2D eigenvalue weighted by molar-refractivity contribution is -0.132. The molecular formula is C24H25ClN6O2. The highest BCUT2D eigenvalue weighted by atomic mass is 35.5. The fourth-order valence-electron chi connectivity index (χ4n) is 4.54. The smallest absolute Gasteiger partial charge is 0.322 e. The van der Waals surface area contributed by atoms with Gasteiger partial charge in [-0.2, -0.15) is 5.10 Å². The minimum atomic E-state index is -0.559. The maximum atomic E-state index is 12.8. The summed E-state index contributed by atoms with van der Waals surface area (Å²) in [6, 6.07) is 18.1. The molecule has 1 aromatic heterocycles. The van der Waals surface area contributed by atoms with E-state index < -0.39 is 12.3 Å². The molecule has 2 aliphatic rings. The molecule has 4 N–H and O–H groups in total. The summed E-state index contributed by atoms with van der Waals surface area (Å²) >= 11 is 6.02. The van der Waals surface area contributed by atoms with Crippen LogP contribution in [-0.2, 0) is 4.79 Å². The number of carbonyl (C=O) groups is 2. The molecule has 0 bridgehead atoms. The molecular weight excluding hydrogens is 440 g/mol. The van der Waals surface area contributed by atoms with Crippen LogP contribution in [0.3, 0.4) is 0 Å². The van der Waals surface area contributed by atoms with Gasteiger partial charge in [-0.1, -0.05) is 60.8 Å². The molecule has 0 spiro atoms. The van der Waals surface area contributed by atoms with E-state index in [4.69, 9.17) is 16.7 Å². The topological polar surface area (TPSA) is 100 Å².